The second-order valence-corrected chi connectivity index (χ2v) is 5.32. The van der Waals surface area contributed by atoms with Crippen molar-refractivity contribution in [3.05, 3.63) is 18.2 Å². The fraction of sp³-hybridized carbons (Fsp3) is 0.769. The Kier molecular flexibility index (Phi) is 2.92. The van der Waals surface area contributed by atoms with Gasteiger partial charge in [-0.2, -0.15) is 0 Å². The Hall–Kier alpha value is -0.870. The first-order valence-electron chi connectivity index (χ1n) is 6.82. The van der Waals surface area contributed by atoms with Crippen molar-refractivity contribution in [3.8, 4) is 0 Å². The van der Waals surface area contributed by atoms with E-state index in [1.54, 1.807) is 0 Å². The van der Waals surface area contributed by atoms with Crippen molar-refractivity contribution in [1.29, 1.82) is 0 Å². The van der Waals surface area contributed by atoms with Gasteiger partial charge in [0.2, 0.25) is 0 Å². The summed E-state index contributed by atoms with van der Waals surface area (Å²) in [5, 5.41) is 0. The van der Waals surface area contributed by atoms with Gasteiger partial charge in [0.1, 0.15) is 0 Å². The summed E-state index contributed by atoms with van der Waals surface area (Å²) in [5.41, 5.74) is 7.68. The number of imidazole rings is 1. The number of hydrogen-bond donors (Lipinski definition) is 1. The molecule has 1 saturated heterocycles. The van der Waals surface area contributed by atoms with Crippen LogP contribution in [0, 0.1) is 0 Å². The molecule has 4 nitrogen and oxygen atoms in total. The quantitative estimate of drug-likeness (QED) is 0.862. The highest BCUT2D eigenvalue weighted by Gasteiger charge is 2.40. The van der Waals surface area contributed by atoms with Gasteiger partial charge in [0.25, 0.3) is 0 Å². The van der Waals surface area contributed by atoms with Gasteiger partial charge in [0.15, 0.2) is 0 Å². The number of nitrogens with two attached hydrogens (primary N) is 1. The normalized spacial score (nSPS) is 30.7. The van der Waals surface area contributed by atoms with Crippen molar-refractivity contribution < 1.29 is 0 Å². The Morgan fingerprint density at radius 3 is 2.94 bits per heavy atom. The number of nitrogens with zero attached hydrogens (tertiary/aromatic N) is 3. The molecule has 0 aromatic carbocycles. The van der Waals surface area contributed by atoms with Gasteiger partial charge < -0.3 is 10.3 Å². The molecule has 3 rings (SSSR count). The zero-order chi connectivity index (χ0) is 11.8. The third-order valence-electron chi connectivity index (χ3n) is 4.12. The Bertz CT molecular complexity index is 383. The molecule has 0 spiro atoms. The highest BCUT2D eigenvalue weighted by atomic mass is 15.3. The van der Waals surface area contributed by atoms with E-state index in [-0.39, 0.29) is 6.04 Å². The molecule has 94 valence electrons. The van der Waals surface area contributed by atoms with Crippen LogP contribution in [-0.2, 0) is 6.54 Å². The second-order valence-electron chi connectivity index (χ2n) is 5.32. The SMILES string of the molecule is CCn1cncc1C1C(N)CCCN1C1CC1. The summed E-state index contributed by atoms with van der Waals surface area (Å²) in [6.07, 6.45) is 9.03. The zero-order valence-corrected chi connectivity index (χ0v) is 10.5. The molecule has 2 heterocycles. The van der Waals surface area contributed by atoms with Crippen molar-refractivity contribution in [2.45, 2.75) is 57.3 Å². The van der Waals surface area contributed by atoms with Crippen LogP contribution in [0.15, 0.2) is 12.5 Å². The van der Waals surface area contributed by atoms with Crippen LogP contribution in [0.3, 0.4) is 0 Å². The Balaban J connectivity index is 1.90. The maximum atomic E-state index is 6.37. The monoisotopic (exact) mass is 234 g/mol. The minimum atomic E-state index is 0.270. The van der Waals surface area contributed by atoms with Crippen molar-refractivity contribution in [3.63, 3.8) is 0 Å². The molecule has 1 aliphatic heterocycles. The molecule has 2 unspecified atom stereocenters. The standard InChI is InChI=1S/C13H22N4/c1-2-16-9-15-8-12(16)13-11(14)4-3-7-17(13)10-5-6-10/h8-11,13H,2-7,14H2,1H3. The molecule has 2 aliphatic rings. The third kappa shape index (κ3) is 2.00. The molecule has 0 bridgehead atoms. The molecule has 1 aromatic rings. The van der Waals surface area contributed by atoms with Gasteiger partial charge in [0, 0.05) is 24.8 Å². The number of aromatic nitrogens is 2. The van der Waals surface area contributed by atoms with E-state index in [2.05, 4.69) is 21.4 Å². The molecule has 2 fully saturated rings. The fourth-order valence-corrected chi connectivity index (χ4v) is 3.10. The molecule has 1 saturated carbocycles. The summed E-state index contributed by atoms with van der Waals surface area (Å²) in [4.78, 5) is 6.92. The largest absolute Gasteiger partial charge is 0.333 e. The van der Waals surface area contributed by atoms with E-state index in [0.717, 1.165) is 19.0 Å². The highest BCUT2D eigenvalue weighted by molar-refractivity contribution is 5.12. The van der Waals surface area contributed by atoms with Crippen molar-refractivity contribution >= 4 is 0 Å². The number of hydrogen-bond acceptors (Lipinski definition) is 3. The van der Waals surface area contributed by atoms with E-state index in [1.165, 1.54) is 31.5 Å². The molecule has 2 atom stereocenters. The minimum absolute atomic E-state index is 0.270. The average Bonchev–Trinajstić information content (AvgIpc) is 3.08. The van der Waals surface area contributed by atoms with Gasteiger partial charge in [0.05, 0.1) is 18.1 Å². The minimum Gasteiger partial charge on any atom is -0.333 e. The number of rotatable bonds is 3. The predicted octanol–water partition coefficient (Wildman–Crippen LogP) is 1.53. The highest BCUT2D eigenvalue weighted by Crippen LogP contribution is 2.39. The molecule has 0 amide bonds. The summed E-state index contributed by atoms with van der Waals surface area (Å²) in [6.45, 7) is 4.36. The van der Waals surface area contributed by atoms with Crippen LogP contribution in [0.1, 0.15) is 44.3 Å². The molecule has 1 aliphatic carbocycles. The molecule has 4 heteroatoms. The summed E-state index contributed by atoms with van der Waals surface area (Å²) < 4.78 is 2.24. The number of likely N-dealkylation sites (tertiary alicyclic amines) is 1. The maximum Gasteiger partial charge on any atom is 0.0948 e. The van der Waals surface area contributed by atoms with Crippen LogP contribution in [-0.4, -0.2) is 33.1 Å². The van der Waals surface area contributed by atoms with Gasteiger partial charge in [-0.15, -0.1) is 0 Å². The van der Waals surface area contributed by atoms with E-state index < -0.39 is 0 Å². The lowest BCUT2D eigenvalue weighted by molar-refractivity contribution is 0.114. The molecular formula is C13H22N4. The van der Waals surface area contributed by atoms with Crippen LogP contribution in [0.25, 0.3) is 0 Å². The van der Waals surface area contributed by atoms with Crippen LogP contribution in [0.5, 0.6) is 0 Å². The summed E-state index contributed by atoms with van der Waals surface area (Å²) >= 11 is 0. The first-order valence-corrected chi connectivity index (χ1v) is 6.82. The van der Waals surface area contributed by atoms with E-state index >= 15 is 0 Å². The van der Waals surface area contributed by atoms with E-state index in [0.29, 0.717) is 6.04 Å². The number of aryl methyl sites for hydroxylation is 1. The molecule has 2 N–H and O–H groups in total. The van der Waals surface area contributed by atoms with Gasteiger partial charge >= 0.3 is 0 Å². The Labute approximate surface area is 103 Å². The smallest absolute Gasteiger partial charge is 0.0948 e. The lowest BCUT2D eigenvalue weighted by atomic mass is 9.94. The maximum absolute atomic E-state index is 6.37. The van der Waals surface area contributed by atoms with Crippen LogP contribution < -0.4 is 5.73 Å². The van der Waals surface area contributed by atoms with Gasteiger partial charge in [-0.25, -0.2) is 4.98 Å². The predicted molar refractivity (Wildman–Crippen MR) is 67.6 cm³/mol. The topological polar surface area (TPSA) is 47.1 Å². The fourth-order valence-electron chi connectivity index (χ4n) is 3.10. The lowest BCUT2D eigenvalue weighted by Gasteiger charge is -2.40. The third-order valence-corrected chi connectivity index (χ3v) is 4.12. The summed E-state index contributed by atoms with van der Waals surface area (Å²) in [5.74, 6) is 0. The van der Waals surface area contributed by atoms with Gasteiger partial charge in [-0.05, 0) is 39.2 Å². The summed E-state index contributed by atoms with van der Waals surface area (Å²) in [7, 11) is 0. The van der Waals surface area contributed by atoms with Crippen molar-refractivity contribution in [1.82, 2.24) is 14.5 Å². The van der Waals surface area contributed by atoms with Gasteiger partial charge in [-0.1, -0.05) is 0 Å². The second kappa shape index (κ2) is 4.42. The van der Waals surface area contributed by atoms with Crippen molar-refractivity contribution in [2.24, 2.45) is 5.73 Å². The average molecular weight is 234 g/mol. The lowest BCUT2D eigenvalue weighted by Crippen LogP contribution is -2.47. The number of piperidine rings is 1. The van der Waals surface area contributed by atoms with Crippen LogP contribution in [0.2, 0.25) is 0 Å². The first kappa shape index (κ1) is 11.2. The summed E-state index contributed by atoms with van der Waals surface area (Å²) in [6, 6.07) is 1.44. The van der Waals surface area contributed by atoms with Crippen molar-refractivity contribution in [2.75, 3.05) is 6.54 Å². The molecule has 0 radical (unpaired) electrons. The van der Waals surface area contributed by atoms with E-state index in [1.807, 2.05) is 12.5 Å². The Morgan fingerprint density at radius 2 is 2.24 bits per heavy atom. The van der Waals surface area contributed by atoms with E-state index in [4.69, 9.17) is 5.73 Å². The Morgan fingerprint density at radius 1 is 1.41 bits per heavy atom. The molecule has 1 aromatic heterocycles. The van der Waals surface area contributed by atoms with Crippen LogP contribution >= 0.6 is 0 Å². The molecular weight excluding hydrogens is 212 g/mol. The van der Waals surface area contributed by atoms with Crippen LogP contribution in [0.4, 0.5) is 0 Å². The first-order chi connectivity index (χ1) is 8.31. The van der Waals surface area contributed by atoms with E-state index in [9.17, 15) is 0 Å². The molecule has 17 heavy (non-hydrogen) atoms. The zero-order valence-electron chi connectivity index (χ0n) is 10.5. The van der Waals surface area contributed by atoms with Gasteiger partial charge in [-0.3, -0.25) is 4.90 Å².